The summed E-state index contributed by atoms with van der Waals surface area (Å²) in [4.78, 5) is 0. The average molecular weight is 250 g/mol. The van der Waals surface area contributed by atoms with Crippen LogP contribution in [0.3, 0.4) is 0 Å². The molecule has 4 rings (SSSR count). The van der Waals surface area contributed by atoms with Crippen molar-refractivity contribution < 1.29 is 9.47 Å². The van der Waals surface area contributed by atoms with E-state index >= 15 is 0 Å². The number of ether oxygens (including phenoxy) is 2. The van der Waals surface area contributed by atoms with Gasteiger partial charge in [-0.3, -0.25) is 0 Å². The van der Waals surface area contributed by atoms with E-state index in [-0.39, 0.29) is 0 Å². The van der Waals surface area contributed by atoms with Crippen LogP contribution < -0.4 is 0 Å². The molecule has 2 saturated carbocycles. The van der Waals surface area contributed by atoms with Crippen molar-refractivity contribution in [2.75, 3.05) is 13.2 Å². The van der Waals surface area contributed by atoms with Gasteiger partial charge in [0.15, 0.2) is 0 Å². The van der Waals surface area contributed by atoms with E-state index in [2.05, 4.69) is 0 Å². The van der Waals surface area contributed by atoms with E-state index in [1.54, 1.807) is 0 Å². The van der Waals surface area contributed by atoms with E-state index in [0.29, 0.717) is 12.2 Å². The Bertz CT molecular complexity index is 249. The van der Waals surface area contributed by atoms with Crippen LogP contribution in [-0.4, -0.2) is 25.4 Å². The van der Waals surface area contributed by atoms with Gasteiger partial charge in [0.2, 0.25) is 0 Å². The average Bonchev–Trinajstić information content (AvgIpc) is 3.32. The largest absolute Gasteiger partial charge is 0.373 e. The van der Waals surface area contributed by atoms with Crippen molar-refractivity contribution in [3.05, 3.63) is 0 Å². The quantitative estimate of drug-likeness (QED) is 0.717. The molecule has 18 heavy (non-hydrogen) atoms. The number of rotatable bonds is 3. The van der Waals surface area contributed by atoms with E-state index in [1.165, 1.54) is 51.4 Å². The molecular formula is C16H26O2. The van der Waals surface area contributed by atoms with E-state index in [9.17, 15) is 0 Å². The summed E-state index contributed by atoms with van der Waals surface area (Å²) in [5, 5.41) is 0. The van der Waals surface area contributed by atoms with E-state index in [4.69, 9.17) is 9.47 Å². The standard InChI is InChI=1S/C16H26O2/c1-5-13(15-9-17-15)6-2-11(1)12-3-7-14(8-4-12)16-10-18-16/h11-16H,1-10H2. The Morgan fingerprint density at radius 1 is 0.444 bits per heavy atom. The van der Waals surface area contributed by atoms with Crippen LogP contribution in [0.25, 0.3) is 0 Å². The SMILES string of the molecule is C1CC(C2CO2)CCC1C1CCC(C2CO2)CC1. The van der Waals surface area contributed by atoms with Gasteiger partial charge >= 0.3 is 0 Å². The zero-order valence-corrected chi connectivity index (χ0v) is 11.4. The molecule has 102 valence electrons. The van der Waals surface area contributed by atoms with Gasteiger partial charge in [-0.25, -0.2) is 0 Å². The summed E-state index contributed by atoms with van der Waals surface area (Å²) in [7, 11) is 0. The van der Waals surface area contributed by atoms with Crippen molar-refractivity contribution >= 4 is 0 Å². The molecule has 0 radical (unpaired) electrons. The monoisotopic (exact) mass is 250 g/mol. The Kier molecular flexibility index (Phi) is 3.12. The van der Waals surface area contributed by atoms with Gasteiger partial charge in [-0.2, -0.15) is 0 Å². The van der Waals surface area contributed by atoms with Gasteiger partial charge in [0.1, 0.15) is 0 Å². The number of hydrogen-bond acceptors (Lipinski definition) is 2. The first-order valence-corrected chi connectivity index (χ1v) is 8.13. The van der Waals surface area contributed by atoms with Crippen LogP contribution in [0.1, 0.15) is 51.4 Å². The fourth-order valence-corrected chi connectivity index (χ4v) is 4.63. The molecule has 2 unspecified atom stereocenters. The van der Waals surface area contributed by atoms with Crippen LogP contribution >= 0.6 is 0 Å². The third-order valence-corrected chi connectivity index (χ3v) is 6.07. The molecule has 2 heteroatoms. The van der Waals surface area contributed by atoms with Gasteiger partial charge in [0, 0.05) is 0 Å². The van der Waals surface area contributed by atoms with Crippen LogP contribution in [0.15, 0.2) is 0 Å². The topological polar surface area (TPSA) is 25.1 Å². The second-order valence-corrected chi connectivity index (χ2v) is 7.09. The Labute approximate surface area is 110 Å². The highest BCUT2D eigenvalue weighted by Gasteiger charge is 2.40. The molecule has 0 N–H and O–H groups in total. The van der Waals surface area contributed by atoms with Crippen molar-refractivity contribution in [1.29, 1.82) is 0 Å². The first kappa shape index (κ1) is 11.7. The molecule has 0 aromatic rings. The second-order valence-electron chi connectivity index (χ2n) is 7.09. The first-order chi connectivity index (χ1) is 8.90. The smallest absolute Gasteiger partial charge is 0.0838 e. The van der Waals surface area contributed by atoms with Gasteiger partial charge in [0.25, 0.3) is 0 Å². The fourth-order valence-electron chi connectivity index (χ4n) is 4.63. The maximum absolute atomic E-state index is 5.46. The molecule has 4 aliphatic rings. The number of epoxide rings is 2. The zero-order valence-electron chi connectivity index (χ0n) is 11.4. The third-order valence-electron chi connectivity index (χ3n) is 6.07. The molecule has 0 amide bonds. The highest BCUT2D eigenvalue weighted by Crippen LogP contribution is 2.45. The lowest BCUT2D eigenvalue weighted by atomic mass is 9.68. The predicted molar refractivity (Wildman–Crippen MR) is 70.4 cm³/mol. The fraction of sp³-hybridized carbons (Fsp3) is 1.00. The zero-order chi connectivity index (χ0) is 11.9. The van der Waals surface area contributed by atoms with E-state index < -0.39 is 0 Å². The second kappa shape index (κ2) is 4.79. The molecule has 2 nitrogen and oxygen atoms in total. The normalized spacial score (nSPS) is 52.0. The summed E-state index contributed by atoms with van der Waals surface area (Å²) in [5.41, 5.74) is 0. The van der Waals surface area contributed by atoms with E-state index in [0.717, 1.165) is 36.9 Å². The minimum absolute atomic E-state index is 0.661. The van der Waals surface area contributed by atoms with Gasteiger partial charge in [-0.1, -0.05) is 0 Å². The van der Waals surface area contributed by atoms with Crippen molar-refractivity contribution in [2.45, 2.75) is 63.6 Å². The lowest BCUT2D eigenvalue weighted by Gasteiger charge is -2.37. The van der Waals surface area contributed by atoms with Crippen molar-refractivity contribution in [3.8, 4) is 0 Å². The highest BCUT2D eigenvalue weighted by atomic mass is 16.6. The number of hydrogen-bond donors (Lipinski definition) is 0. The van der Waals surface area contributed by atoms with Gasteiger partial charge < -0.3 is 9.47 Å². The molecule has 0 aromatic carbocycles. The molecule has 2 atom stereocenters. The Morgan fingerprint density at radius 3 is 1.00 bits per heavy atom. The van der Waals surface area contributed by atoms with Crippen molar-refractivity contribution in [1.82, 2.24) is 0 Å². The molecule has 0 spiro atoms. The lowest BCUT2D eigenvalue weighted by Crippen LogP contribution is -2.28. The molecule has 0 aromatic heterocycles. The Balaban J connectivity index is 1.24. The predicted octanol–water partition coefficient (Wildman–Crippen LogP) is 3.40. The van der Waals surface area contributed by atoms with Gasteiger partial charge in [-0.15, -0.1) is 0 Å². The highest BCUT2D eigenvalue weighted by molar-refractivity contribution is 4.89. The van der Waals surface area contributed by atoms with Gasteiger partial charge in [-0.05, 0) is 75.0 Å². The molecule has 4 fully saturated rings. The Morgan fingerprint density at radius 2 is 0.722 bits per heavy atom. The van der Waals surface area contributed by atoms with Crippen LogP contribution in [-0.2, 0) is 9.47 Å². The third kappa shape index (κ3) is 2.46. The summed E-state index contributed by atoms with van der Waals surface area (Å²) in [5.74, 6) is 3.91. The van der Waals surface area contributed by atoms with Crippen LogP contribution in [0.4, 0.5) is 0 Å². The lowest BCUT2D eigenvalue weighted by molar-refractivity contribution is 0.127. The Hall–Kier alpha value is -0.0800. The molecule has 2 aliphatic heterocycles. The minimum atomic E-state index is 0.661. The molecule has 2 heterocycles. The molecule has 2 aliphatic carbocycles. The summed E-state index contributed by atoms with van der Waals surface area (Å²) >= 11 is 0. The van der Waals surface area contributed by atoms with Crippen LogP contribution in [0, 0.1) is 23.7 Å². The summed E-state index contributed by atoms with van der Waals surface area (Å²) in [6, 6.07) is 0. The van der Waals surface area contributed by atoms with Crippen LogP contribution in [0.5, 0.6) is 0 Å². The molecule has 2 saturated heterocycles. The van der Waals surface area contributed by atoms with E-state index in [1.807, 2.05) is 0 Å². The maximum Gasteiger partial charge on any atom is 0.0838 e. The minimum Gasteiger partial charge on any atom is -0.373 e. The first-order valence-electron chi connectivity index (χ1n) is 8.13. The molecular weight excluding hydrogens is 224 g/mol. The van der Waals surface area contributed by atoms with Gasteiger partial charge in [0.05, 0.1) is 25.4 Å². The summed E-state index contributed by atoms with van der Waals surface area (Å²) in [6.45, 7) is 2.11. The summed E-state index contributed by atoms with van der Waals surface area (Å²) < 4.78 is 10.9. The van der Waals surface area contributed by atoms with Crippen molar-refractivity contribution in [3.63, 3.8) is 0 Å². The van der Waals surface area contributed by atoms with Crippen LogP contribution in [0.2, 0.25) is 0 Å². The van der Waals surface area contributed by atoms with Crippen molar-refractivity contribution in [2.24, 2.45) is 23.7 Å². The molecule has 0 bridgehead atoms. The summed E-state index contributed by atoms with van der Waals surface area (Å²) in [6.07, 6.45) is 13.0. The maximum atomic E-state index is 5.46.